The molecule has 0 bridgehead atoms. The molecule has 1 atom stereocenters. The number of nitrogens with one attached hydrogen (secondary N) is 1. The lowest BCUT2D eigenvalue weighted by atomic mass is 10.1. The van der Waals surface area contributed by atoms with E-state index in [2.05, 4.69) is 10.2 Å². The van der Waals surface area contributed by atoms with Crippen LogP contribution >= 0.6 is 0 Å². The highest BCUT2D eigenvalue weighted by Gasteiger charge is 2.25. The van der Waals surface area contributed by atoms with Gasteiger partial charge in [-0.3, -0.25) is 0 Å². The van der Waals surface area contributed by atoms with Crippen molar-refractivity contribution >= 4 is 11.7 Å². The van der Waals surface area contributed by atoms with Gasteiger partial charge in [-0.1, -0.05) is 0 Å². The van der Waals surface area contributed by atoms with E-state index in [0.29, 0.717) is 18.4 Å². The third-order valence-corrected chi connectivity index (χ3v) is 3.53. The van der Waals surface area contributed by atoms with Crippen molar-refractivity contribution in [1.82, 2.24) is 5.32 Å². The van der Waals surface area contributed by atoms with Gasteiger partial charge in [0.15, 0.2) is 0 Å². The van der Waals surface area contributed by atoms with Gasteiger partial charge in [-0.2, -0.15) is 0 Å². The van der Waals surface area contributed by atoms with Gasteiger partial charge in [-0.15, -0.1) is 0 Å². The van der Waals surface area contributed by atoms with Gasteiger partial charge in [0.2, 0.25) is 0 Å². The van der Waals surface area contributed by atoms with Crippen LogP contribution in [0.3, 0.4) is 0 Å². The van der Waals surface area contributed by atoms with E-state index in [9.17, 15) is 4.79 Å². The van der Waals surface area contributed by atoms with Gasteiger partial charge in [0, 0.05) is 7.05 Å². The lowest BCUT2D eigenvalue weighted by molar-refractivity contribution is 0.0696. The van der Waals surface area contributed by atoms with E-state index in [1.807, 2.05) is 20.2 Å². The number of aromatic carboxylic acids is 1. The van der Waals surface area contributed by atoms with Gasteiger partial charge < -0.3 is 20.1 Å². The number of rotatable bonds is 5. The Morgan fingerprint density at radius 3 is 3.05 bits per heavy atom. The molecule has 0 saturated heterocycles. The zero-order valence-electron chi connectivity index (χ0n) is 11.3. The minimum atomic E-state index is -0.926. The smallest absolute Gasteiger partial charge is 0.335 e. The lowest BCUT2D eigenvalue weighted by Gasteiger charge is -2.36. The molecule has 1 aromatic rings. The van der Waals surface area contributed by atoms with Crippen LogP contribution in [0.25, 0.3) is 0 Å². The van der Waals surface area contributed by atoms with Crippen LogP contribution < -0.4 is 15.0 Å². The van der Waals surface area contributed by atoms with E-state index in [0.717, 1.165) is 25.1 Å². The van der Waals surface area contributed by atoms with Crippen molar-refractivity contribution in [3.05, 3.63) is 23.8 Å². The summed E-state index contributed by atoms with van der Waals surface area (Å²) in [6.07, 6.45) is 2.15. The number of anilines is 1. The molecule has 1 heterocycles. The maximum absolute atomic E-state index is 10.9. The van der Waals surface area contributed by atoms with Crippen LogP contribution in [-0.4, -0.2) is 44.4 Å². The highest BCUT2D eigenvalue weighted by Crippen LogP contribution is 2.34. The van der Waals surface area contributed by atoms with Crippen molar-refractivity contribution in [3.63, 3.8) is 0 Å². The van der Waals surface area contributed by atoms with Crippen molar-refractivity contribution in [3.8, 4) is 5.75 Å². The molecular weight excluding hydrogens is 244 g/mol. The fourth-order valence-corrected chi connectivity index (χ4v) is 2.34. The Kier molecular flexibility index (Phi) is 4.27. The molecule has 0 radical (unpaired) electrons. The second-order valence-electron chi connectivity index (χ2n) is 4.81. The maximum Gasteiger partial charge on any atom is 0.335 e. The number of benzene rings is 1. The van der Waals surface area contributed by atoms with E-state index in [4.69, 9.17) is 9.84 Å². The molecule has 0 saturated carbocycles. The SMILES string of the molecule is CNCCCC1COc2cc(C(=O)O)ccc2N1C. The van der Waals surface area contributed by atoms with Crippen LogP contribution in [0.15, 0.2) is 18.2 Å². The monoisotopic (exact) mass is 264 g/mol. The summed E-state index contributed by atoms with van der Waals surface area (Å²) in [6, 6.07) is 5.38. The molecule has 5 heteroatoms. The van der Waals surface area contributed by atoms with E-state index in [-0.39, 0.29) is 5.56 Å². The molecule has 1 aliphatic rings. The number of hydrogen-bond acceptors (Lipinski definition) is 4. The van der Waals surface area contributed by atoms with E-state index < -0.39 is 5.97 Å². The number of fused-ring (bicyclic) bond motifs is 1. The molecule has 104 valence electrons. The Bertz CT molecular complexity index is 462. The average Bonchev–Trinajstić information content (AvgIpc) is 2.41. The molecule has 1 unspecified atom stereocenters. The lowest BCUT2D eigenvalue weighted by Crippen LogP contribution is -2.40. The van der Waals surface area contributed by atoms with Crippen LogP contribution in [-0.2, 0) is 0 Å². The molecule has 0 aromatic heterocycles. The Balaban J connectivity index is 2.11. The van der Waals surface area contributed by atoms with Crippen LogP contribution in [0, 0.1) is 0 Å². The fraction of sp³-hybridized carbons (Fsp3) is 0.500. The minimum absolute atomic E-state index is 0.265. The summed E-state index contributed by atoms with van der Waals surface area (Å²) in [5, 5.41) is 12.1. The second-order valence-corrected chi connectivity index (χ2v) is 4.81. The molecule has 0 spiro atoms. The van der Waals surface area contributed by atoms with Crippen molar-refractivity contribution in [2.24, 2.45) is 0 Å². The normalized spacial score (nSPS) is 17.8. The Labute approximate surface area is 113 Å². The summed E-state index contributed by atoms with van der Waals surface area (Å²) in [4.78, 5) is 13.1. The fourth-order valence-electron chi connectivity index (χ4n) is 2.34. The predicted octanol–water partition coefficient (Wildman–Crippen LogP) is 1.58. The number of likely N-dealkylation sites (N-methyl/N-ethyl adjacent to an activating group) is 1. The quantitative estimate of drug-likeness (QED) is 0.791. The topological polar surface area (TPSA) is 61.8 Å². The molecule has 0 fully saturated rings. The molecule has 5 nitrogen and oxygen atoms in total. The molecule has 2 N–H and O–H groups in total. The summed E-state index contributed by atoms with van der Waals surface area (Å²) in [6.45, 7) is 1.60. The van der Waals surface area contributed by atoms with Gasteiger partial charge in [-0.05, 0) is 44.6 Å². The first-order valence-corrected chi connectivity index (χ1v) is 6.51. The first kappa shape index (κ1) is 13.7. The number of carboxylic acids is 1. The molecule has 0 aliphatic carbocycles. The number of nitrogens with zero attached hydrogens (tertiary/aromatic N) is 1. The molecule has 1 aliphatic heterocycles. The van der Waals surface area contributed by atoms with Crippen molar-refractivity contribution < 1.29 is 14.6 Å². The Morgan fingerprint density at radius 1 is 1.58 bits per heavy atom. The summed E-state index contributed by atoms with van der Waals surface area (Å²) >= 11 is 0. The second kappa shape index (κ2) is 5.93. The maximum atomic E-state index is 10.9. The zero-order chi connectivity index (χ0) is 13.8. The minimum Gasteiger partial charge on any atom is -0.489 e. The predicted molar refractivity (Wildman–Crippen MR) is 74.2 cm³/mol. The molecule has 1 aromatic carbocycles. The highest BCUT2D eigenvalue weighted by molar-refractivity contribution is 5.89. The summed E-state index contributed by atoms with van der Waals surface area (Å²) in [7, 11) is 3.98. The number of carboxylic acid groups (broad SMARTS) is 1. The average molecular weight is 264 g/mol. The third-order valence-electron chi connectivity index (χ3n) is 3.53. The Morgan fingerprint density at radius 2 is 2.37 bits per heavy atom. The van der Waals surface area contributed by atoms with E-state index in [1.165, 1.54) is 0 Å². The van der Waals surface area contributed by atoms with Gasteiger partial charge in [0.25, 0.3) is 0 Å². The Hall–Kier alpha value is -1.75. The van der Waals surface area contributed by atoms with Crippen LogP contribution in [0.5, 0.6) is 5.75 Å². The third kappa shape index (κ3) is 2.98. The zero-order valence-corrected chi connectivity index (χ0v) is 11.3. The van der Waals surface area contributed by atoms with Crippen molar-refractivity contribution in [1.29, 1.82) is 0 Å². The van der Waals surface area contributed by atoms with Gasteiger partial charge in [-0.25, -0.2) is 4.79 Å². The van der Waals surface area contributed by atoms with Crippen LogP contribution in [0.1, 0.15) is 23.2 Å². The largest absolute Gasteiger partial charge is 0.489 e. The van der Waals surface area contributed by atoms with Crippen LogP contribution in [0.2, 0.25) is 0 Å². The van der Waals surface area contributed by atoms with Crippen LogP contribution in [0.4, 0.5) is 5.69 Å². The van der Waals surface area contributed by atoms with Gasteiger partial charge >= 0.3 is 5.97 Å². The summed E-state index contributed by atoms with van der Waals surface area (Å²) in [5.41, 5.74) is 1.23. The number of ether oxygens (including phenoxy) is 1. The molecule has 19 heavy (non-hydrogen) atoms. The molecule has 2 rings (SSSR count). The molecular formula is C14H20N2O3. The summed E-state index contributed by atoms with van der Waals surface area (Å²) < 4.78 is 5.70. The van der Waals surface area contributed by atoms with E-state index >= 15 is 0 Å². The highest BCUT2D eigenvalue weighted by atomic mass is 16.5. The first-order valence-electron chi connectivity index (χ1n) is 6.51. The van der Waals surface area contributed by atoms with Gasteiger partial charge in [0.05, 0.1) is 17.3 Å². The van der Waals surface area contributed by atoms with Crippen molar-refractivity contribution in [2.45, 2.75) is 18.9 Å². The van der Waals surface area contributed by atoms with Gasteiger partial charge in [0.1, 0.15) is 12.4 Å². The summed E-state index contributed by atoms with van der Waals surface area (Å²) in [5.74, 6) is -0.266. The van der Waals surface area contributed by atoms with Crippen molar-refractivity contribution in [2.75, 3.05) is 32.1 Å². The first-order chi connectivity index (χ1) is 9.13. The number of hydrogen-bond donors (Lipinski definition) is 2. The molecule has 0 amide bonds. The van der Waals surface area contributed by atoms with E-state index in [1.54, 1.807) is 12.1 Å². The number of carbonyl (C=O) groups is 1. The standard InChI is InChI=1S/C14H20N2O3/c1-15-7-3-4-11-9-19-13-8-10(14(17)18)5-6-12(13)16(11)2/h5-6,8,11,15H,3-4,7,9H2,1-2H3,(H,17,18).